The van der Waals surface area contributed by atoms with Crippen molar-refractivity contribution in [3.8, 4) is 0 Å². The van der Waals surface area contributed by atoms with Crippen LogP contribution in [0.3, 0.4) is 0 Å². The molecule has 0 aliphatic carbocycles. The van der Waals surface area contributed by atoms with Crippen molar-refractivity contribution in [3.05, 3.63) is 71.5 Å². The number of ketones is 2. The van der Waals surface area contributed by atoms with Crippen LogP contribution >= 0.6 is 0 Å². The number of furan rings is 1. The molecule has 0 aliphatic heterocycles. The van der Waals surface area contributed by atoms with Crippen molar-refractivity contribution < 1.29 is 18.4 Å². The predicted octanol–water partition coefficient (Wildman–Crippen LogP) is 2.12. The summed E-state index contributed by atoms with van der Waals surface area (Å²) in [7, 11) is 0. The zero-order valence-corrected chi connectivity index (χ0v) is 12.0. The SMILES string of the molecule is O=C(Cc1occc1Cc1ccccc1F)C(=O)c1ncn[nH]1. The minimum Gasteiger partial charge on any atom is -0.469 e. The Balaban J connectivity index is 1.75. The summed E-state index contributed by atoms with van der Waals surface area (Å²) in [5, 5.41) is 5.88. The second kappa shape index (κ2) is 6.35. The minimum absolute atomic E-state index is 0.114. The molecule has 1 aromatic carbocycles. The Kier molecular flexibility index (Phi) is 4.09. The molecule has 0 unspecified atom stereocenters. The highest BCUT2D eigenvalue weighted by Gasteiger charge is 2.22. The van der Waals surface area contributed by atoms with E-state index in [2.05, 4.69) is 15.2 Å². The number of H-pyrrole nitrogens is 1. The van der Waals surface area contributed by atoms with Gasteiger partial charge in [-0.1, -0.05) is 18.2 Å². The predicted molar refractivity (Wildman–Crippen MR) is 77.3 cm³/mol. The first-order valence-corrected chi connectivity index (χ1v) is 6.86. The van der Waals surface area contributed by atoms with Crippen LogP contribution in [0.25, 0.3) is 0 Å². The smallest absolute Gasteiger partial charge is 0.265 e. The second-order valence-corrected chi connectivity index (χ2v) is 4.90. The molecule has 1 N–H and O–H groups in total. The molecule has 0 amide bonds. The molecule has 3 aromatic rings. The average molecular weight is 313 g/mol. The number of nitrogens with zero attached hydrogens (tertiary/aromatic N) is 2. The first kappa shape index (κ1) is 14.8. The zero-order valence-electron chi connectivity index (χ0n) is 12.0. The van der Waals surface area contributed by atoms with Crippen LogP contribution in [0.4, 0.5) is 4.39 Å². The lowest BCUT2D eigenvalue weighted by molar-refractivity contribution is -0.114. The van der Waals surface area contributed by atoms with E-state index in [0.29, 0.717) is 16.9 Å². The van der Waals surface area contributed by atoms with Crippen LogP contribution in [-0.2, 0) is 17.6 Å². The Bertz CT molecular complexity index is 840. The maximum Gasteiger partial charge on any atom is 0.265 e. The van der Waals surface area contributed by atoms with Gasteiger partial charge in [0.05, 0.1) is 12.7 Å². The fourth-order valence-corrected chi connectivity index (χ4v) is 2.20. The minimum atomic E-state index is -0.768. The molecule has 6 nitrogen and oxygen atoms in total. The van der Waals surface area contributed by atoms with Gasteiger partial charge in [-0.2, -0.15) is 5.10 Å². The number of hydrogen-bond acceptors (Lipinski definition) is 5. The standard InChI is InChI=1S/C16H12FN3O3/c17-12-4-2-1-3-10(12)7-11-5-6-23-14(11)8-13(21)15(22)16-18-9-19-20-16/h1-6,9H,7-8H2,(H,18,19,20). The molecule has 116 valence electrons. The number of aromatic nitrogens is 3. The number of carbonyl (C=O) groups is 2. The van der Waals surface area contributed by atoms with Gasteiger partial charge >= 0.3 is 0 Å². The number of benzene rings is 1. The number of carbonyl (C=O) groups excluding carboxylic acids is 2. The van der Waals surface area contributed by atoms with Gasteiger partial charge in [0, 0.05) is 6.42 Å². The Hall–Kier alpha value is -3.09. The number of rotatable bonds is 6. The molecular formula is C16H12FN3O3. The summed E-state index contributed by atoms with van der Waals surface area (Å²) in [6, 6.07) is 8.03. The summed E-state index contributed by atoms with van der Waals surface area (Å²) < 4.78 is 19.0. The van der Waals surface area contributed by atoms with Gasteiger partial charge in [0.25, 0.3) is 5.78 Å². The number of hydrogen-bond donors (Lipinski definition) is 1. The van der Waals surface area contributed by atoms with Gasteiger partial charge < -0.3 is 4.42 Å². The molecule has 0 bridgehead atoms. The Morgan fingerprint density at radius 1 is 1.17 bits per heavy atom. The molecule has 3 rings (SSSR count). The molecule has 0 saturated heterocycles. The molecule has 2 heterocycles. The number of aromatic amines is 1. The van der Waals surface area contributed by atoms with E-state index in [0.717, 1.165) is 6.33 Å². The third kappa shape index (κ3) is 3.23. The Morgan fingerprint density at radius 3 is 2.74 bits per heavy atom. The summed E-state index contributed by atoms with van der Waals surface area (Å²) in [6.45, 7) is 0. The van der Waals surface area contributed by atoms with Crippen LogP contribution in [0.5, 0.6) is 0 Å². The van der Waals surface area contributed by atoms with Crippen LogP contribution in [0.2, 0.25) is 0 Å². The van der Waals surface area contributed by atoms with Crippen molar-refractivity contribution >= 4 is 11.6 Å². The maximum atomic E-state index is 13.7. The largest absolute Gasteiger partial charge is 0.469 e. The van der Waals surface area contributed by atoms with Gasteiger partial charge in [-0.25, -0.2) is 9.37 Å². The van der Waals surface area contributed by atoms with Crippen molar-refractivity contribution in [2.75, 3.05) is 0 Å². The van der Waals surface area contributed by atoms with Crippen molar-refractivity contribution in [1.82, 2.24) is 15.2 Å². The molecule has 0 atom stereocenters. The van der Waals surface area contributed by atoms with E-state index in [1.165, 1.54) is 12.3 Å². The van der Waals surface area contributed by atoms with Gasteiger partial charge in [-0.05, 0) is 23.3 Å². The van der Waals surface area contributed by atoms with E-state index in [4.69, 9.17) is 4.42 Å². The van der Waals surface area contributed by atoms with Crippen molar-refractivity contribution in [3.63, 3.8) is 0 Å². The van der Waals surface area contributed by atoms with Gasteiger partial charge in [0.1, 0.15) is 17.9 Å². The molecule has 7 heteroatoms. The summed E-state index contributed by atoms with van der Waals surface area (Å²) in [5.41, 5.74) is 1.15. The zero-order chi connectivity index (χ0) is 16.2. The normalized spacial score (nSPS) is 10.7. The molecule has 0 aliphatic rings. The van der Waals surface area contributed by atoms with Gasteiger partial charge in [-0.15, -0.1) is 0 Å². The topological polar surface area (TPSA) is 88.8 Å². The molecule has 0 saturated carbocycles. The highest BCUT2D eigenvalue weighted by Crippen LogP contribution is 2.19. The quantitative estimate of drug-likeness (QED) is 0.556. The molecular weight excluding hydrogens is 301 g/mol. The highest BCUT2D eigenvalue weighted by atomic mass is 19.1. The Labute approximate surface area is 130 Å². The number of nitrogens with one attached hydrogen (secondary N) is 1. The van der Waals surface area contributed by atoms with E-state index in [-0.39, 0.29) is 24.5 Å². The van der Waals surface area contributed by atoms with Crippen molar-refractivity contribution in [2.45, 2.75) is 12.8 Å². The van der Waals surface area contributed by atoms with E-state index < -0.39 is 11.6 Å². The lowest BCUT2D eigenvalue weighted by Crippen LogP contribution is -2.18. The molecule has 23 heavy (non-hydrogen) atoms. The molecule has 0 fully saturated rings. The molecule has 0 radical (unpaired) electrons. The lowest BCUT2D eigenvalue weighted by atomic mass is 10.0. The van der Waals surface area contributed by atoms with E-state index in [1.807, 2.05) is 0 Å². The van der Waals surface area contributed by atoms with Crippen molar-refractivity contribution in [2.24, 2.45) is 0 Å². The van der Waals surface area contributed by atoms with Crippen molar-refractivity contribution in [1.29, 1.82) is 0 Å². The van der Waals surface area contributed by atoms with Gasteiger partial charge in [0.2, 0.25) is 5.78 Å². The van der Waals surface area contributed by atoms with Gasteiger partial charge in [-0.3, -0.25) is 14.7 Å². The lowest BCUT2D eigenvalue weighted by Gasteiger charge is -2.03. The first-order chi connectivity index (χ1) is 11.1. The fraction of sp³-hybridized carbons (Fsp3) is 0.125. The highest BCUT2D eigenvalue weighted by molar-refractivity contribution is 6.43. The van der Waals surface area contributed by atoms with E-state index >= 15 is 0 Å². The third-order valence-corrected chi connectivity index (χ3v) is 3.38. The van der Waals surface area contributed by atoms with E-state index in [1.54, 1.807) is 24.3 Å². The monoisotopic (exact) mass is 313 g/mol. The summed E-state index contributed by atoms with van der Waals surface area (Å²) in [6.07, 6.45) is 2.63. The van der Waals surface area contributed by atoms with Crippen LogP contribution in [-0.4, -0.2) is 26.7 Å². The second-order valence-electron chi connectivity index (χ2n) is 4.90. The van der Waals surface area contributed by atoms with E-state index in [9.17, 15) is 14.0 Å². The summed E-state index contributed by atoms with van der Waals surface area (Å²) in [5.74, 6) is -1.55. The fourth-order valence-electron chi connectivity index (χ4n) is 2.20. The van der Waals surface area contributed by atoms with Gasteiger partial charge in [0.15, 0.2) is 5.82 Å². The number of Topliss-reactive ketones (excluding diaryl/α,β-unsaturated/α-hetero) is 2. The van der Waals surface area contributed by atoms with Crippen LogP contribution < -0.4 is 0 Å². The molecule has 2 aromatic heterocycles. The summed E-state index contributed by atoms with van der Waals surface area (Å²) in [4.78, 5) is 27.5. The first-order valence-electron chi connectivity index (χ1n) is 6.86. The van der Waals surface area contributed by atoms with Crippen LogP contribution in [0.1, 0.15) is 27.5 Å². The molecule has 0 spiro atoms. The number of halogens is 1. The third-order valence-electron chi connectivity index (χ3n) is 3.38. The summed E-state index contributed by atoms with van der Waals surface area (Å²) >= 11 is 0. The van der Waals surface area contributed by atoms with Crippen LogP contribution in [0, 0.1) is 5.82 Å². The Morgan fingerprint density at radius 2 is 2.00 bits per heavy atom. The maximum absolute atomic E-state index is 13.7. The average Bonchev–Trinajstić information content (AvgIpc) is 3.21. The van der Waals surface area contributed by atoms with Crippen LogP contribution in [0.15, 0.2) is 47.3 Å².